The Morgan fingerprint density at radius 1 is 1.38 bits per heavy atom. The van der Waals surface area contributed by atoms with Gasteiger partial charge in [-0.1, -0.05) is 24.1 Å². The van der Waals surface area contributed by atoms with Crippen molar-refractivity contribution in [1.82, 2.24) is 10.3 Å². The number of hydrogen-bond acceptors (Lipinski definition) is 4. The number of rotatable bonds is 2. The number of benzene rings is 1. The van der Waals surface area contributed by atoms with Crippen molar-refractivity contribution >= 4 is 22.4 Å². The van der Waals surface area contributed by atoms with E-state index in [0.717, 1.165) is 30.2 Å². The molecule has 1 aliphatic heterocycles. The number of carbonyl (C=O) groups is 1. The van der Waals surface area contributed by atoms with Crippen LogP contribution in [0, 0.1) is 11.8 Å². The summed E-state index contributed by atoms with van der Waals surface area (Å²) in [7, 11) is 0. The minimum Gasteiger partial charge on any atom is -0.346 e. The third-order valence-electron chi connectivity index (χ3n) is 3.31. The summed E-state index contributed by atoms with van der Waals surface area (Å²) >= 11 is 1.62. The molecule has 1 saturated heterocycles. The van der Waals surface area contributed by atoms with Crippen molar-refractivity contribution in [2.45, 2.75) is 12.5 Å². The average molecular weight is 297 g/mol. The Bertz CT molecular complexity index is 658. The van der Waals surface area contributed by atoms with Crippen LogP contribution in [0.2, 0.25) is 0 Å². The van der Waals surface area contributed by atoms with Crippen molar-refractivity contribution in [2.24, 2.45) is 0 Å². The molecular formula is C16H15N3OS. The van der Waals surface area contributed by atoms with Gasteiger partial charge in [-0.15, -0.1) is 11.3 Å². The van der Waals surface area contributed by atoms with Crippen molar-refractivity contribution in [3.63, 3.8) is 0 Å². The zero-order valence-electron chi connectivity index (χ0n) is 11.5. The van der Waals surface area contributed by atoms with Gasteiger partial charge in [0.2, 0.25) is 0 Å². The number of amides is 1. The summed E-state index contributed by atoms with van der Waals surface area (Å²) < 4.78 is 0. The number of nitrogens with zero attached hydrogens (tertiary/aromatic N) is 2. The molecule has 0 aliphatic carbocycles. The van der Waals surface area contributed by atoms with Crippen LogP contribution < -0.4 is 10.2 Å². The molecule has 1 aromatic heterocycles. The monoisotopic (exact) mass is 297 g/mol. The van der Waals surface area contributed by atoms with E-state index in [-0.39, 0.29) is 11.9 Å². The quantitative estimate of drug-likeness (QED) is 0.861. The summed E-state index contributed by atoms with van der Waals surface area (Å²) in [6, 6.07) is 9.67. The Hall–Kier alpha value is -2.32. The van der Waals surface area contributed by atoms with Crippen molar-refractivity contribution < 1.29 is 4.79 Å². The zero-order chi connectivity index (χ0) is 14.5. The van der Waals surface area contributed by atoms with Gasteiger partial charge in [-0.25, -0.2) is 4.98 Å². The first kappa shape index (κ1) is 13.7. The molecule has 1 aromatic carbocycles. The first-order valence-electron chi connectivity index (χ1n) is 6.83. The molecular weight excluding hydrogens is 282 g/mol. The Morgan fingerprint density at radius 2 is 2.24 bits per heavy atom. The molecule has 1 atom stereocenters. The van der Waals surface area contributed by atoms with Gasteiger partial charge in [-0.05, 0) is 18.6 Å². The van der Waals surface area contributed by atoms with E-state index in [9.17, 15) is 4.79 Å². The molecule has 1 aliphatic rings. The molecule has 21 heavy (non-hydrogen) atoms. The third-order valence-corrected chi connectivity index (χ3v) is 4.14. The summed E-state index contributed by atoms with van der Waals surface area (Å²) in [5, 5.41) is 5.94. The second-order valence-corrected chi connectivity index (χ2v) is 5.71. The highest BCUT2D eigenvalue weighted by atomic mass is 32.1. The van der Waals surface area contributed by atoms with Crippen LogP contribution in [0.5, 0.6) is 0 Å². The zero-order valence-corrected chi connectivity index (χ0v) is 12.3. The second kappa shape index (κ2) is 6.42. The van der Waals surface area contributed by atoms with E-state index in [4.69, 9.17) is 0 Å². The van der Waals surface area contributed by atoms with E-state index in [2.05, 4.69) is 27.0 Å². The predicted molar refractivity (Wildman–Crippen MR) is 84.2 cm³/mol. The molecule has 2 aromatic rings. The standard InChI is InChI=1S/C16H15N3OS/c20-15(7-6-13-4-2-1-3-5-13)18-14-8-10-19(12-14)16-17-9-11-21-16/h1-5,9,11,14H,8,10,12H2,(H,18,20). The Balaban J connectivity index is 1.54. The fraction of sp³-hybridized carbons (Fsp3) is 0.250. The van der Waals surface area contributed by atoms with Crippen molar-refractivity contribution in [3.8, 4) is 11.8 Å². The Kier molecular flexibility index (Phi) is 4.17. The van der Waals surface area contributed by atoms with E-state index in [1.54, 1.807) is 17.5 Å². The molecule has 0 bridgehead atoms. The number of thiazole rings is 1. The van der Waals surface area contributed by atoms with Gasteiger partial charge in [-0.3, -0.25) is 4.79 Å². The van der Waals surface area contributed by atoms with Gasteiger partial charge in [0.05, 0.1) is 0 Å². The molecule has 4 nitrogen and oxygen atoms in total. The second-order valence-electron chi connectivity index (χ2n) is 4.84. The van der Waals surface area contributed by atoms with E-state index >= 15 is 0 Å². The molecule has 3 rings (SSSR count). The number of carbonyl (C=O) groups excluding carboxylic acids is 1. The molecule has 0 saturated carbocycles. The fourth-order valence-electron chi connectivity index (χ4n) is 2.30. The topological polar surface area (TPSA) is 45.2 Å². The molecule has 1 amide bonds. The maximum Gasteiger partial charge on any atom is 0.296 e. The highest BCUT2D eigenvalue weighted by Crippen LogP contribution is 2.22. The number of aromatic nitrogens is 1. The van der Waals surface area contributed by atoms with Crippen LogP contribution in [0.4, 0.5) is 5.13 Å². The van der Waals surface area contributed by atoms with Crippen LogP contribution in [0.15, 0.2) is 41.9 Å². The molecule has 106 valence electrons. The van der Waals surface area contributed by atoms with Gasteiger partial charge in [0.25, 0.3) is 5.91 Å². The third kappa shape index (κ3) is 3.61. The van der Waals surface area contributed by atoms with Crippen LogP contribution in [-0.2, 0) is 4.79 Å². The fourth-order valence-corrected chi connectivity index (χ4v) is 2.98. The van der Waals surface area contributed by atoms with Gasteiger partial charge in [-0.2, -0.15) is 0 Å². The lowest BCUT2D eigenvalue weighted by molar-refractivity contribution is -0.116. The molecule has 0 radical (unpaired) electrons. The predicted octanol–water partition coefficient (Wildman–Crippen LogP) is 1.89. The van der Waals surface area contributed by atoms with Crippen LogP contribution in [0.1, 0.15) is 12.0 Å². The lowest BCUT2D eigenvalue weighted by atomic mass is 10.2. The van der Waals surface area contributed by atoms with Crippen molar-refractivity contribution in [2.75, 3.05) is 18.0 Å². The number of anilines is 1. The van der Waals surface area contributed by atoms with Gasteiger partial charge in [0, 0.05) is 42.2 Å². The van der Waals surface area contributed by atoms with Crippen LogP contribution >= 0.6 is 11.3 Å². The van der Waals surface area contributed by atoms with E-state index in [1.807, 2.05) is 35.7 Å². The first-order chi connectivity index (χ1) is 10.3. The van der Waals surface area contributed by atoms with Gasteiger partial charge in [0.15, 0.2) is 5.13 Å². The molecule has 5 heteroatoms. The number of nitrogens with one attached hydrogen (secondary N) is 1. The minimum absolute atomic E-state index is 0.145. The van der Waals surface area contributed by atoms with Crippen LogP contribution in [0.25, 0.3) is 0 Å². The lowest BCUT2D eigenvalue weighted by Crippen LogP contribution is -2.36. The molecule has 1 N–H and O–H groups in total. The van der Waals surface area contributed by atoms with Crippen molar-refractivity contribution in [3.05, 3.63) is 47.5 Å². The highest BCUT2D eigenvalue weighted by Gasteiger charge is 2.24. The molecule has 0 spiro atoms. The minimum atomic E-state index is -0.218. The Labute approximate surface area is 127 Å². The van der Waals surface area contributed by atoms with E-state index in [1.165, 1.54) is 0 Å². The Morgan fingerprint density at radius 3 is 3.00 bits per heavy atom. The average Bonchev–Trinajstić information content (AvgIpc) is 3.17. The summed E-state index contributed by atoms with van der Waals surface area (Å²) in [4.78, 5) is 18.3. The van der Waals surface area contributed by atoms with Crippen molar-refractivity contribution in [1.29, 1.82) is 0 Å². The molecule has 2 heterocycles. The SMILES string of the molecule is O=C(C#Cc1ccccc1)NC1CCN(c2nccs2)C1. The lowest BCUT2D eigenvalue weighted by Gasteiger charge is -2.14. The maximum absolute atomic E-state index is 11.8. The summed E-state index contributed by atoms with van der Waals surface area (Å²) in [6.45, 7) is 1.72. The van der Waals surface area contributed by atoms with Crippen LogP contribution in [0.3, 0.4) is 0 Å². The summed E-state index contributed by atoms with van der Waals surface area (Å²) in [6.07, 6.45) is 2.73. The van der Waals surface area contributed by atoms with E-state index < -0.39 is 0 Å². The maximum atomic E-state index is 11.8. The normalized spacial score (nSPS) is 17.1. The number of hydrogen-bond donors (Lipinski definition) is 1. The van der Waals surface area contributed by atoms with Gasteiger partial charge >= 0.3 is 0 Å². The highest BCUT2D eigenvalue weighted by molar-refractivity contribution is 7.13. The largest absolute Gasteiger partial charge is 0.346 e. The van der Waals surface area contributed by atoms with E-state index in [0.29, 0.717) is 0 Å². The molecule has 1 unspecified atom stereocenters. The van der Waals surface area contributed by atoms with Gasteiger partial charge < -0.3 is 10.2 Å². The molecule has 1 fully saturated rings. The van der Waals surface area contributed by atoms with Crippen LogP contribution in [-0.4, -0.2) is 30.0 Å². The first-order valence-corrected chi connectivity index (χ1v) is 7.71. The summed E-state index contributed by atoms with van der Waals surface area (Å²) in [5.74, 6) is 5.30. The van der Waals surface area contributed by atoms with Gasteiger partial charge in [0.1, 0.15) is 0 Å². The smallest absolute Gasteiger partial charge is 0.296 e. The summed E-state index contributed by atoms with van der Waals surface area (Å²) in [5.41, 5.74) is 0.850.